The first-order chi connectivity index (χ1) is 9.27. The Bertz CT molecular complexity index is 544. The van der Waals surface area contributed by atoms with Crippen LogP contribution in [0.15, 0.2) is 36.9 Å². The molecule has 2 rings (SSSR count). The smallest absolute Gasteiger partial charge is 0.243 e. The summed E-state index contributed by atoms with van der Waals surface area (Å²) in [6.45, 7) is 0.501. The van der Waals surface area contributed by atoms with Gasteiger partial charge in [0, 0.05) is 24.8 Å². The van der Waals surface area contributed by atoms with Crippen molar-refractivity contribution in [3.05, 3.63) is 48.2 Å². The average molecular weight is 257 g/mol. The van der Waals surface area contributed by atoms with Crippen LogP contribution in [-0.2, 0) is 6.42 Å². The summed E-state index contributed by atoms with van der Waals surface area (Å²) in [7, 11) is 0. The van der Waals surface area contributed by atoms with Crippen LogP contribution in [0.4, 0.5) is 0 Å². The highest BCUT2D eigenvalue weighted by Gasteiger charge is 2.08. The third-order valence-electron chi connectivity index (χ3n) is 2.52. The molecule has 0 atom stereocenters. The molecule has 6 nitrogen and oxygen atoms in total. The maximum Gasteiger partial charge on any atom is 0.243 e. The van der Waals surface area contributed by atoms with Crippen molar-refractivity contribution >= 4 is 5.84 Å². The average Bonchev–Trinajstić information content (AvgIpc) is 2.45. The van der Waals surface area contributed by atoms with E-state index < -0.39 is 0 Å². The summed E-state index contributed by atoms with van der Waals surface area (Å²) in [4.78, 5) is 12.0. The molecule has 2 heterocycles. The van der Waals surface area contributed by atoms with E-state index in [2.05, 4.69) is 15.0 Å². The molecule has 2 aromatic heterocycles. The van der Waals surface area contributed by atoms with E-state index in [-0.39, 0.29) is 11.5 Å². The van der Waals surface area contributed by atoms with Gasteiger partial charge in [-0.15, -0.1) is 0 Å². The van der Waals surface area contributed by atoms with Crippen molar-refractivity contribution in [3.8, 4) is 5.88 Å². The second-order valence-corrected chi connectivity index (χ2v) is 3.93. The predicted octanol–water partition coefficient (Wildman–Crippen LogP) is 1.17. The zero-order valence-electron chi connectivity index (χ0n) is 10.4. The largest absolute Gasteiger partial charge is 0.476 e. The van der Waals surface area contributed by atoms with Crippen molar-refractivity contribution < 1.29 is 4.74 Å². The van der Waals surface area contributed by atoms with Gasteiger partial charge in [-0.25, -0.2) is 9.97 Å². The summed E-state index contributed by atoms with van der Waals surface area (Å²) < 4.78 is 5.51. The molecular weight excluding hydrogens is 242 g/mol. The first kappa shape index (κ1) is 12.9. The topological polar surface area (TPSA) is 97.8 Å². The Kier molecular flexibility index (Phi) is 4.39. The van der Waals surface area contributed by atoms with E-state index in [0.717, 1.165) is 12.8 Å². The van der Waals surface area contributed by atoms with E-state index in [9.17, 15) is 0 Å². The molecule has 0 radical (unpaired) electrons. The fraction of sp³-hybridized carbons (Fsp3) is 0.231. The molecular formula is C13H15N5O. The van der Waals surface area contributed by atoms with Crippen LogP contribution in [0.25, 0.3) is 0 Å². The number of rotatable bonds is 6. The van der Waals surface area contributed by atoms with Gasteiger partial charge in [0.15, 0.2) is 5.69 Å². The van der Waals surface area contributed by atoms with Gasteiger partial charge in [0.05, 0.1) is 6.61 Å². The molecule has 0 aliphatic rings. The van der Waals surface area contributed by atoms with Crippen molar-refractivity contribution in [2.24, 2.45) is 5.73 Å². The fourth-order valence-corrected chi connectivity index (χ4v) is 1.61. The molecule has 0 unspecified atom stereocenters. The van der Waals surface area contributed by atoms with Crippen LogP contribution in [0.3, 0.4) is 0 Å². The molecule has 19 heavy (non-hydrogen) atoms. The van der Waals surface area contributed by atoms with Gasteiger partial charge >= 0.3 is 0 Å². The maximum absolute atomic E-state index is 7.38. The number of pyridine rings is 1. The third-order valence-corrected chi connectivity index (χ3v) is 2.52. The second kappa shape index (κ2) is 6.44. The van der Waals surface area contributed by atoms with Crippen molar-refractivity contribution in [1.29, 1.82) is 5.41 Å². The lowest BCUT2D eigenvalue weighted by atomic mass is 10.1. The Morgan fingerprint density at radius 2 is 1.89 bits per heavy atom. The van der Waals surface area contributed by atoms with Crippen LogP contribution in [0.5, 0.6) is 5.88 Å². The summed E-state index contributed by atoms with van der Waals surface area (Å²) in [5.41, 5.74) is 6.90. The molecule has 0 spiro atoms. The van der Waals surface area contributed by atoms with E-state index in [4.69, 9.17) is 15.9 Å². The minimum absolute atomic E-state index is 0.141. The number of aromatic nitrogens is 3. The zero-order valence-corrected chi connectivity index (χ0v) is 10.4. The summed E-state index contributed by atoms with van der Waals surface area (Å²) in [6.07, 6.45) is 8.29. The van der Waals surface area contributed by atoms with Gasteiger partial charge in [-0.2, -0.15) is 0 Å². The molecule has 0 bridgehead atoms. The molecule has 0 saturated heterocycles. The molecule has 0 aliphatic heterocycles. The highest BCUT2D eigenvalue weighted by molar-refractivity contribution is 5.94. The molecule has 0 amide bonds. The lowest BCUT2D eigenvalue weighted by molar-refractivity contribution is 0.297. The monoisotopic (exact) mass is 257 g/mol. The summed E-state index contributed by atoms with van der Waals surface area (Å²) in [6, 6.07) is 3.95. The van der Waals surface area contributed by atoms with Gasteiger partial charge < -0.3 is 10.5 Å². The summed E-state index contributed by atoms with van der Waals surface area (Å²) >= 11 is 0. The fourth-order valence-electron chi connectivity index (χ4n) is 1.61. The predicted molar refractivity (Wildman–Crippen MR) is 71.1 cm³/mol. The van der Waals surface area contributed by atoms with Crippen molar-refractivity contribution in [2.45, 2.75) is 12.8 Å². The molecule has 3 N–H and O–H groups in total. The lowest BCUT2D eigenvalue weighted by Crippen LogP contribution is -2.16. The van der Waals surface area contributed by atoms with E-state index in [1.165, 1.54) is 18.0 Å². The number of ether oxygens (including phenoxy) is 1. The van der Waals surface area contributed by atoms with Gasteiger partial charge in [-0.1, -0.05) is 0 Å². The van der Waals surface area contributed by atoms with E-state index >= 15 is 0 Å². The number of amidine groups is 1. The highest BCUT2D eigenvalue weighted by Crippen LogP contribution is 2.11. The number of nitrogens with one attached hydrogen (secondary N) is 1. The van der Waals surface area contributed by atoms with E-state index in [1.54, 1.807) is 12.4 Å². The molecule has 2 aromatic rings. The second-order valence-electron chi connectivity index (χ2n) is 3.93. The van der Waals surface area contributed by atoms with Crippen LogP contribution < -0.4 is 10.5 Å². The molecule has 0 aliphatic carbocycles. The number of nitrogens with two attached hydrogens (primary N) is 1. The SMILES string of the molecule is N=C(N)c1nccnc1OCCCc1ccncc1. The van der Waals surface area contributed by atoms with Gasteiger partial charge in [0.2, 0.25) is 5.88 Å². The first-order valence-electron chi connectivity index (χ1n) is 5.94. The molecule has 0 saturated carbocycles. The Morgan fingerprint density at radius 3 is 2.63 bits per heavy atom. The van der Waals surface area contributed by atoms with Crippen LogP contribution in [0.2, 0.25) is 0 Å². The first-order valence-corrected chi connectivity index (χ1v) is 5.94. The van der Waals surface area contributed by atoms with Crippen molar-refractivity contribution in [2.75, 3.05) is 6.61 Å². The van der Waals surface area contributed by atoms with Crippen LogP contribution in [0.1, 0.15) is 17.7 Å². The quantitative estimate of drug-likeness (QED) is 0.460. The van der Waals surface area contributed by atoms with Crippen LogP contribution >= 0.6 is 0 Å². The Hall–Kier alpha value is -2.50. The zero-order chi connectivity index (χ0) is 13.5. The van der Waals surface area contributed by atoms with Gasteiger partial charge in [-0.3, -0.25) is 10.4 Å². The maximum atomic E-state index is 7.38. The standard InChI is InChI=1S/C13H15N5O/c14-12(15)11-13(18-8-7-17-11)19-9-1-2-10-3-5-16-6-4-10/h3-8H,1-2,9H2,(H3,14,15). The van der Waals surface area contributed by atoms with E-state index in [0.29, 0.717) is 12.5 Å². The van der Waals surface area contributed by atoms with Gasteiger partial charge in [0.1, 0.15) is 5.84 Å². The molecule has 6 heteroatoms. The molecule has 0 aromatic carbocycles. The molecule has 0 fully saturated rings. The van der Waals surface area contributed by atoms with Gasteiger partial charge in [-0.05, 0) is 30.5 Å². The third kappa shape index (κ3) is 3.74. The lowest BCUT2D eigenvalue weighted by Gasteiger charge is -2.08. The highest BCUT2D eigenvalue weighted by atomic mass is 16.5. The Balaban J connectivity index is 1.85. The van der Waals surface area contributed by atoms with Crippen molar-refractivity contribution in [3.63, 3.8) is 0 Å². The Morgan fingerprint density at radius 1 is 1.16 bits per heavy atom. The minimum atomic E-state index is -0.141. The number of hydrogen-bond acceptors (Lipinski definition) is 5. The van der Waals surface area contributed by atoms with Crippen LogP contribution in [0, 0.1) is 5.41 Å². The number of nitrogen functional groups attached to an aromatic ring is 1. The van der Waals surface area contributed by atoms with E-state index in [1.807, 2.05) is 12.1 Å². The summed E-state index contributed by atoms with van der Waals surface area (Å²) in [5, 5.41) is 7.38. The Labute approximate surface area is 111 Å². The van der Waals surface area contributed by atoms with Crippen LogP contribution in [-0.4, -0.2) is 27.4 Å². The molecule has 98 valence electrons. The minimum Gasteiger partial charge on any atom is -0.476 e. The number of aryl methyl sites for hydroxylation is 1. The van der Waals surface area contributed by atoms with Crippen molar-refractivity contribution in [1.82, 2.24) is 15.0 Å². The summed E-state index contributed by atoms with van der Waals surface area (Å²) in [5.74, 6) is 0.168. The van der Waals surface area contributed by atoms with Gasteiger partial charge in [0.25, 0.3) is 0 Å². The number of hydrogen-bond donors (Lipinski definition) is 2. The normalized spacial score (nSPS) is 10.1. The number of nitrogens with zero attached hydrogens (tertiary/aromatic N) is 3.